The molecule has 0 spiro atoms. The van der Waals surface area contributed by atoms with Gasteiger partial charge in [0.1, 0.15) is 48.9 Å². The van der Waals surface area contributed by atoms with Gasteiger partial charge in [-0.05, 0) is 30.7 Å². The Morgan fingerprint density at radius 1 is 0.944 bits per heavy atom. The number of benzene rings is 2. The largest absolute Gasteiger partial charge is 0.381 e. The lowest BCUT2D eigenvalue weighted by molar-refractivity contribution is -0.0381. The van der Waals surface area contributed by atoms with Crippen LogP contribution in [0.25, 0.3) is 5.69 Å². The van der Waals surface area contributed by atoms with Gasteiger partial charge in [-0.25, -0.2) is 42.2 Å². The lowest BCUT2D eigenvalue weighted by Crippen LogP contribution is -2.44. The standard InChI is InChI=1S/C23H21F2N9O2/c1-16(23(36,10-32-14-27-12-29-32)20-7-4-18(24)8-21(20)25)34-22(35)33(15-30-34)19-5-2-17(3-6-19)9-31-13-26-11-28-31/h2-8,11-16,36H,9-10H2,1H3/t16-,23-/m1/s1. The van der Waals surface area contributed by atoms with Gasteiger partial charge in [0.15, 0.2) is 0 Å². The van der Waals surface area contributed by atoms with E-state index in [2.05, 4.69) is 25.3 Å². The summed E-state index contributed by atoms with van der Waals surface area (Å²) in [5.41, 5.74) is -1.27. The maximum atomic E-state index is 14.8. The highest BCUT2D eigenvalue weighted by molar-refractivity contribution is 5.34. The van der Waals surface area contributed by atoms with Crippen molar-refractivity contribution in [3.63, 3.8) is 0 Å². The first kappa shape index (κ1) is 23.2. The van der Waals surface area contributed by atoms with Crippen LogP contribution < -0.4 is 5.69 Å². The topological polar surface area (TPSA) is 121 Å². The molecule has 0 aliphatic rings. The lowest BCUT2D eigenvalue weighted by Gasteiger charge is -2.34. The SMILES string of the molecule is C[C@@H](n1ncn(-c2ccc(Cn3cncn3)cc2)c1=O)[C@](O)(Cn1cncn1)c1ccc(F)cc1F. The molecule has 13 heteroatoms. The highest BCUT2D eigenvalue weighted by Crippen LogP contribution is 2.35. The van der Waals surface area contributed by atoms with Gasteiger partial charge in [-0.1, -0.05) is 18.2 Å². The first-order valence-electron chi connectivity index (χ1n) is 10.9. The number of aliphatic hydroxyl groups is 1. The molecule has 0 aliphatic carbocycles. The van der Waals surface area contributed by atoms with Crippen molar-refractivity contribution in [2.24, 2.45) is 0 Å². The molecule has 0 radical (unpaired) electrons. The molecule has 1 N–H and O–H groups in total. The summed E-state index contributed by atoms with van der Waals surface area (Å²) in [7, 11) is 0. The Morgan fingerprint density at radius 3 is 2.28 bits per heavy atom. The Bertz CT molecular complexity index is 1510. The number of aromatic nitrogens is 9. The minimum Gasteiger partial charge on any atom is -0.381 e. The maximum Gasteiger partial charge on any atom is 0.350 e. The molecular weight excluding hydrogens is 472 g/mol. The molecular formula is C23H21F2N9O2. The second kappa shape index (κ2) is 9.26. The minimum absolute atomic E-state index is 0.203. The van der Waals surface area contributed by atoms with Crippen LogP contribution in [-0.2, 0) is 18.7 Å². The highest BCUT2D eigenvalue weighted by atomic mass is 19.1. The zero-order chi connectivity index (χ0) is 25.3. The summed E-state index contributed by atoms with van der Waals surface area (Å²) in [5.74, 6) is -1.75. The highest BCUT2D eigenvalue weighted by Gasteiger charge is 2.41. The van der Waals surface area contributed by atoms with Crippen LogP contribution in [0.3, 0.4) is 0 Å². The predicted molar refractivity (Wildman–Crippen MR) is 122 cm³/mol. The average Bonchev–Trinajstić information content (AvgIpc) is 3.62. The van der Waals surface area contributed by atoms with Gasteiger partial charge in [0.25, 0.3) is 0 Å². The van der Waals surface area contributed by atoms with Crippen LogP contribution in [0.4, 0.5) is 8.78 Å². The van der Waals surface area contributed by atoms with E-state index >= 15 is 0 Å². The lowest BCUT2D eigenvalue weighted by atomic mass is 9.86. The molecule has 0 amide bonds. The second-order valence-corrected chi connectivity index (χ2v) is 8.31. The number of hydrogen-bond acceptors (Lipinski definition) is 7. The molecule has 0 saturated heterocycles. The molecule has 36 heavy (non-hydrogen) atoms. The first-order valence-corrected chi connectivity index (χ1v) is 10.9. The predicted octanol–water partition coefficient (Wildman–Crippen LogP) is 1.69. The van der Waals surface area contributed by atoms with Gasteiger partial charge in [-0.2, -0.15) is 15.3 Å². The van der Waals surface area contributed by atoms with Gasteiger partial charge in [-0.15, -0.1) is 0 Å². The van der Waals surface area contributed by atoms with E-state index in [1.165, 1.54) is 41.5 Å². The van der Waals surface area contributed by atoms with E-state index in [1.54, 1.807) is 23.1 Å². The Hall–Kier alpha value is -4.52. The van der Waals surface area contributed by atoms with Gasteiger partial charge < -0.3 is 5.11 Å². The Kier molecular flexibility index (Phi) is 5.98. The molecule has 5 aromatic rings. The van der Waals surface area contributed by atoms with E-state index < -0.39 is 29.0 Å². The molecule has 0 aliphatic heterocycles. The third-order valence-corrected chi connectivity index (χ3v) is 6.04. The van der Waals surface area contributed by atoms with E-state index in [9.17, 15) is 18.7 Å². The van der Waals surface area contributed by atoms with Crippen molar-refractivity contribution in [2.75, 3.05) is 0 Å². The fraction of sp³-hybridized carbons (Fsp3) is 0.217. The van der Waals surface area contributed by atoms with Crippen LogP contribution in [-0.4, -0.2) is 49.0 Å². The van der Waals surface area contributed by atoms with E-state index in [-0.39, 0.29) is 12.1 Å². The van der Waals surface area contributed by atoms with E-state index in [4.69, 9.17) is 0 Å². The summed E-state index contributed by atoms with van der Waals surface area (Å²) in [6.07, 6.45) is 6.99. The number of halogens is 2. The van der Waals surface area contributed by atoms with Crippen molar-refractivity contribution in [3.05, 3.63) is 107 Å². The van der Waals surface area contributed by atoms with Gasteiger partial charge in [0.05, 0.1) is 24.8 Å². The van der Waals surface area contributed by atoms with Crippen molar-refractivity contribution in [1.29, 1.82) is 0 Å². The van der Waals surface area contributed by atoms with Crippen LogP contribution in [0.5, 0.6) is 0 Å². The van der Waals surface area contributed by atoms with Crippen molar-refractivity contribution in [2.45, 2.75) is 31.7 Å². The van der Waals surface area contributed by atoms with Gasteiger partial charge in [0, 0.05) is 11.6 Å². The maximum absolute atomic E-state index is 14.8. The quantitative estimate of drug-likeness (QED) is 0.349. The third kappa shape index (κ3) is 4.31. The summed E-state index contributed by atoms with van der Waals surface area (Å²) in [4.78, 5) is 21.1. The van der Waals surface area contributed by atoms with Crippen molar-refractivity contribution < 1.29 is 13.9 Å². The Balaban J connectivity index is 1.49. The van der Waals surface area contributed by atoms with Crippen LogP contribution in [0.2, 0.25) is 0 Å². The van der Waals surface area contributed by atoms with E-state index in [0.29, 0.717) is 18.3 Å². The van der Waals surface area contributed by atoms with Crippen LogP contribution in [0.1, 0.15) is 24.1 Å². The minimum atomic E-state index is -2.02. The van der Waals surface area contributed by atoms with Crippen molar-refractivity contribution >= 4 is 0 Å². The van der Waals surface area contributed by atoms with E-state index in [0.717, 1.165) is 22.4 Å². The van der Waals surface area contributed by atoms with Crippen LogP contribution in [0, 0.1) is 11.6 Å². The molecule has 3 aromatic heterocycles. The molecule has 184 valence electrons. The molecule has 11 nitrogen and oxygen atoms in total. The fourth-order valence-electron chi connectivity index (χ4n) is 4.07. The zero-order valence-corrected chi connectivity index (χ0v) is 19.1. The molecule has 0 saturated carbocycles. The molecule has 0 fully saturated rings. The normalized spacial score (nSPS) is 14.0. The number of hydrogen-bond donors (Lipinski definition) is 1. The van der Waals surface area contributed by atoms with Gasteiger partial charge in [0.2, 0.25) is 0 Å². The van der Waals surface area contributed by atoms with Crippen molar-refractivity contribution in [1.82, 2.24) is 43.9 Å². The second-order valence-electron chi connectivity index (χ2n) is 8.31. The average molecular weight is 493 g/mol. The fourth-order valence-corrected chi connectivity index (χ4v) is 4.07. The summed E-state index contributed by atoms with van der Waals surface area (Å²) in [5, 5.41) is 24.0. The molecule has 5 rings (SSSR count). The van der Waals surface area contributed by atoms with Gasteiger partial charge >= 0.3 is 5.69 Å². The van der Waals surface area contributed by atoms with E-state index in [1.807, 2.05) is 12.1 Å². The summed E-state index contributed by atoms with van der Waals surface area (Å²) in [6.45, 7) is 1.79. The molecule has 0 unspecified atom stereocenters. The summed E-state index contributed by atoms with van der Waals surface area (Å²) in [6, 6.07) is 9.00. The molecule has 3 heterocycles. The molecule has 2 aromatic carbocycles. The summed E-state index contributed by atoms with van der Waals surface area (Å²) >= 11 is 0. The Labute approximate surface area is 202 Å². The van der Waals surface area contributed by atoms with Gasteiger partial charge in [-0.3, -0.25) is 0 Å². The number of nitrogens with zero attached hydrogens (tertiary/aromatic N) is 9. The van der Waals surface area contributed by atoms with Crippen LogP contribution >= 0.6 is 0 Å². The first-order chi connectivity index (χ1) is 17.3. The monoisotopic (exact) mass is 493 g/mol. The zero-order valence-electron chi connectivity index (χ0n) is 19.1. The molecule has 2 atom stereocenters. The Morgan fingerprint density at radius 2 is 1.64 bits per heavy atom. The third-order valence-electron chi connectivity index (χ3n) is 6.04. The smallest absolute Gasteiger partial charge is 0.350 e. The summed E-state index contributed by atoms with van der Waals surface area (Å²) < 4.78 is 33.8. The number of rotatable bonds is 8. The molecule has 0 bridgehead atoms. The van der Waals surface area contributed by atoms with Crippen LogP contribution in [0.15, 0.2) is 78.9 Å². The van der Waals surface area contributed by atoms with Crippen molar-refractivity contribution in [3.8, 4) is 5.69 Å².